The Morgan fingerprint density at radius 1 is 1.06 bits per heavy atom. The van der Waals surface area contributed by atoms with Crippen molar-refractivity contribution in [2.24, 2.45) is 28.0 Å². The topological polar surface area (TPSA) is 276 Å². The average Bonchev–Trinajstić information content (AvgIpc) is 3.89. The van der Waals surface area contributed by atoms with E-state index in [1.165, 1.54) is 6.26 Å². The summed E-state index contributed by atoms with van der Waals surface area (Å²) in [6.07, 6.45) is 11.4. The number of carboxylic acids is 1. The molecule has 352 valence electrons. The first-order valence-corrected chi connectivity index (χ1v) is 22.5. The average molecular weight is 889 g/mol. The summed E-state index contributed by atoms with van der Waals surface area (Å²) >= 11 is 0. The minimum absolute atomic E-state index is 0.0556. The van der Waals surface area contributed by atoms with Crippen molar-refractivity contribution in [3.63, 3.8) is 0 Å². The number of carbonyl (C=O) groups excluding carboxylic acids is 1. The van der Waals surface area contributed by atoms with Crippen molar-refractivity contribution in [2.75, 3.05) is 39.5 Å². The number of ether oxygens (including phenoxy) is 5. The van der Waals surface area contributed by atoms with E-state index in [0.29, 0.717) is 12.0 Å². The number of aliphatic hydroxyl groups is 6. The highest BCUT2D eigenvalue weighted by Crippen LogP contribution is 2.51. The van der Waals surface area contributed by atoms with Crippen LogP contribution in [-0.2, 0) is 33.3 Å². The van der Waals surface area contributed by atoms with Gasteiger partial charge in [-0.15, -0.1) is 0 Å². The molecule has 0 bridgehead atoms. The Morgan fingerprint density at radius 3 is 2.48 bits per heavy atom. The number of guanidine groups is 1. The van der Waals surface area contributed by atoms with Gasteiger partial charge in [-0.3, -0.25) is 4.99 Å². The van der Waals surface area contributed by atoms with Crippen molar-refractivity contribution < 1.29 is 69.0 Å². The summed E-state index contributed by atoms with van der Waals surface area (Å²) in [5.41, 5.74) is 8.09. The molecule has 0 aromatic carbocycles. The van der Waals surface area contributed by atoms with Crippen LogP contribution in [0.3, 0.4) is 0 Å². The van der Waals surface area contributed by atoms with Crippen LogP contribution in [0.4, 0.5) is 0 Å². The maximum atomic E-state index is 14.5. The van der Waals surface area contributed by atoms with Crippen LogP contribution in [0.5, 0.6) is 0 Å². The molecule has 3 saturated carbocycles. The fourth-order valence-electron chi connectivity index (χ4n) is 9.83. The summed E-state index contributed by atoms with van der Waals surface area (Å²) < 4.78 is 30.9. The molecule has 0 unspecified atom stereocenters. The van der Waals surface area contributed by atoms with Gasteiger partial charge in [0.25, 0.3) is 0 Å². The molecule has 0 aromatic rings. The minimum atomic E-state index is -2.91. The van der Waals surface area contributed by atoms with Crippen LogP contribution in [0.15, 0.2) is 63.7 Å². The molecule has 0 aromatic heterocycles. The summed E-state index contributed by atoms with van der Waals surface area (Å²) in [6, 6.07) is 0. The third kappa shape index (κ3) is 11.9. The first kappa shape index (κ1) is 48.6. The first-order valence-electron chi connectivity index (χ1n) is 22.5. The minimum Gasteiger partial charge on any atom is -0.478 e. The van der Waals surface area contributed by atoms with Crippen molar-refractivity contribution >= 4 is 17.9 Å². The number of β-amino-alcohol motifs (C(OH)–C–C–N with tert-alkyl or cyclic N) is 1. The highest BCUT2D eigenvalue weighted by molar-refractivity contribution is 5.92. The number of carboxylic acid groups (broad SMARTS) is 1. The molecule has 8 atom stereocenters. The molecule has 18 nitrogen and oxygen atoms in total. The number of hydrogen-bond donors (Lipinski definition) is 9. The van der Waals surface area contributed by atoms with Crippen molar-refractivity contribution in [3.05, 3.63) is 58.7 Å². The summed E-state index contributed by atoms with van der Waals surface area (Å²) in [4.78, 5) is 33.2. The van der Waals surface area contributed by atoms with Gasteiger partial charge in [-0.05, 0) is 83.5 Å². The highest BCUT2D eigenvalue weighted by atomic mass is 16.8. The number of carbonyl (C=O) groups is 2. The summed E-state index contributed by atoms with van der Waals surface area (Å²) in [6.45, 7) is 2.42. The molecule has 3 aliphatic heterocycles. The molecular formula is C45H68N4O14. The number of esters is 1. The Balaban J connectivity index is 1.43. The van der Waals surface area contributed by atoms with Crippen molar-refractivity contribution in [1.29, 1.82) is 0 Å². The van der Waals surface area contributed by atoms with E-state index in [1.54, 1.807) is 37.1 Å². The quantitative estimate of drug-likeness (QED) is 0.0252. The van der Waals surface area contributed by atoms with Gasteiger partial charge in [-0.25, -0.2) is 9.59 Å². The molecule has 6 aliphatic rings. The van der Waals surface area contributed by atoms with E-state index < -0.39 is 73.2 Å². The summed E-state index contributed by atoms with van der Waals surface area (Å²) in [7, 11) is 0. The van der Waals surface area contributed by atoms with Gasteiger partial charge in [0.15, 0.2) is 18.4 Å². The number of aliphatic hydroxyl groups excluding tert-OH is 4. The third-order valence-electron chi connectivity index (χ3n) is 13.1. The van der Waals surface area contributed by atoms with E-state index in [1.807, 2.05) is 6.08 Å². The number of allylic oxidation sites excluding steroid dienone is 3. The fraction of sp³-hybridized carbons (Fsp3) is 0.711. The van der Waals surface area contributed by atoms with E-state index in [9.17, 15) is 45.3 Å². The van der Waals surface area contributed by atoms with Crippen molar-refractivity contribution in [3.8, 4) is 0 Å². The largest absolute Gasteiger partial charge is 0.478 e. The predicted octanol–water partition coefficient (Wildman–Crippen LogP) is 1.95. The SMILES string of the molecule is CC(C)O[C@H]1[C@H](O[C@@H]2OC=C(C(=O)O[C@@H]3CCC4(CCCC4)C3)[C@@H](/C=C/C3=CN(CCO)CC(C(=O)O)=C3NC(N)=NCCCO)[C@H]2C=C2CCCCC2)O[C@H](CO)[C@@H](O)C1(O)O. The predicted molar refractivity (Wildman–Crippen MR) is 228 cm³/mol. The number of nitrogens with two attached hydrogens (primary N) is 1. The maximum absolute atomic E-state index is 14.5. The summed E-state index contributed by atoms with van der Waals surface area (Å²) in [5.74, 6) is -6.46. The van der Waals surface area contributed by atoms with Crippen molar-refractivity contribution in [2.45, 2.75) is 146 Å². The van der Waals surface area contributed by atoms with Gasteiger partial charge in [-0.1, -0.05) is 43.1 Å². The molecule has 10 N–H and O–H groups in total. The van der Waals surface area contributed by atoms with Gasteiger partial charge in [0.05, 0.1) is 54.9 Å². The van der Waals surface area contributed by atoms with Crippen LogP contribution in [0.25, 0.3) is 0 Å². The zero-order chi connectivity index (χ0) is 45.3. The Morgan fingerprint density at radius 2 is 1.81 bits per heavy atom. The smallest absolute Gasteiger partial charge is 0.338 e. The lowest BCUT2D eigenvalue weighted by Gasteiger charge is -2.48. The monoisotopic (exact) mass is 888 g/mol. The van der Waals surface area contributed by atoms with Crippen LogP contribution in [0.1, 0.15) is 97.3 Å². The lowest BCUT2D eigenvalue weighted by atomic mass is 9.80. The number of aliphatic imine (C=N–C) groups is 1. The first-order chi connectivity index (χ1) is 30.2. The zero-order valence-electron chi connectivity index (χ0n) is 36.5. The highest BCUT2D eigenvalue weighted by Gasteiger charge is 2.58. The van der Waals surface area contributed by atoms with E-state index in [2.05, 4.69) is 10.3 Å². The van der Waals surface area contributed by atoms with E-state index in [-0.39, 0.29) is 67.2 Å². The van der Waals surface area contributed by atoms with Gasteiger partial charge in [0.1, 0.15) is 18.3 Å². The maximum Gasteiger partial charge on any atom is 0.338 e. The van der Waals surface area contributed by atoms with Gasteiger partial charge < -0.3 is 75.4 Å². The molecule has 4 fully saturated rings. The van der Waals surface area contributed by atoms with Crippen LogP contribution >= 0.6 is 0 Å². The molecule has 63 heavy (non-hydrogen) atoms. The molecular weight excluding hydrogens is 821 g/mol. The molecule has 0 radical (unpaired) electrons. The second kappa shape index (κ2) is 21.9. The molecule has 1 saturated heterocycles. The van der Waals surface area contributed by atoms with Gasteiger partial charge in [0, 0.05) is 37.4 Å². The van der Waals surface area contributed by atoms with E-state index in [4.69, 9.17) is 29.4 Å². The van der Waals surface area contributed by atoms with Crippen molar-refractivity contribution in [1.82, 2.24) is 10.2 Å². The Hall–Kier alpha value is -3.85. The molecule has 1 spiro atoms. The zero-order valence-corrected chi connectivity index (χ0v) is 36.5. The Bertz CT molecular complexity index is 1780. The standard InChI is InChI=1S/C45H68N4O14/c1-27(2)60-38-42(62-35(25-52)37(53)45(38,57)58)63-41-32(21-28-9-4-3-5-10-28)31(34(26-59-41)40(56)61-30-13-16-44(22-30)14-6-7-15-44)12-11-29-23-49(18-20-51)24-33(39(54)55)36(29)48-43(46)47-17-8-19-50/h11-12,21,23,26-27,30-32,35,37-38,41-42,50-53,57-58H,3-10,13-20,22,24-25H2,1-2H3,(H,54,55)(H3,46,47,48)/b12-11+/t30-,31+,32-,35-,37-,38+,41+,42+/m1/s1. The number of nitrogens with zero attached hydrogens (tertiary/aromatic N) is 2. The van der Waals surface area contributed by atoms with Gasteiger partial charge >= 0.3 is 11.9 Å². The van der Waals surface area contributed by atoms with Crippen LogP contribution in [0.2, 0.25) is 0 Å². The molecule has 3 aliphatic carbocycles. The van der Waals surface area contributed by atoms with E-state index in [0.717, 1.165) is 82.6 Å². The number of hydrogen-bond acceptors (Lipinski definition) is 15. The lowest BCUT2D eigenvalue weighted by molar-refractivity contribution is -0.413. The van der Waals surface area contributed by atoms with Crippen LogP contribution in [0, 0.1) is 17.3 Å². The summed E-state index contributed by atoms with van der Waals surface area (Å²) in [5, 5.41) is 75.9. The lowest BCUT2D eigenvalue weighted by Crippen LogP contribution is -2.69. The second-order valence-electron chi connectivity index (χ2n) is 18.0. The Labute approximate surface area is 368 Å². The number of nitrogens with one attached hydrogen (secondary N) is 1. The Kier molecular flexibility index (Phi) is 16.9. The second-order valence-corrected chi connectivity index (χ2v) is 18.0. The van der Waals surface area contributed by atoms with Gasteiger partial charge in [-0.2, -0.15) is 0 Å². The fourth-order valence-corrected chi connectivity index (χ4v) is 9.83. The van der Waals surface area contributed by atoms with Crippen LogP contribution < -0.4 is 11.1 Å². The molecule has 6 rings (SSSR count). The van der Waals surface area contributed by atoms with Crippen LogP contribution in [-0.4, -0.2) is 147 Å². The normalized spacial score (nSPS) is 31.0. The van der Waals surface area contributed by atoms with E-state index >= 15 is 0 Å². The molecule has 18 heteroatoms. The molecule has 0 amide bonds. The van der Waals surface area contributed by atoms with Gasteiger partial charge in [0.2, 0.25) is 12.1 Å². The molecule has 3 heterocycles. The number of aliphatic carboxylic acids is 1. The third-order valence-corrected chi connectivity index (χ3v) is 13.1. The number of rotatable bonds is 17.